The Hall–Kier alpha value is -1.76. The predicted molar refractivity (Wildman–Crippen MR) is 75.1 cm³/mol. The Labute approximate surface area is 128 Å². The smallest absolute Gasteiger partial charge is 0.258 e. The third-order valence-electron chi connectivity index (χ3n) is 3.85. The summed E-state index contributed by atoms with van der Waals surface area (Å²) in [6, 6.07) is 2.62. The highest BCUT2D eigenvalue weighted by molar-refractivity contribution is 9.08. The summed E-state index contributed by atoms with van der Waals surface area (Å²) in [6.07, 6.45) is 0.461. The molecule has 7 heteroatoms. The van der Waals surface area contributed by atoms with Crippen molar-refractivity contribution in [3.8, 4) is 0 Å². The standard InChI is InChI=1S/C14H12BrFN2O3/c15-5-7-1-2-8-6-18(14(21)11(8)12(7)16)9-3-4-10(19)17-13(9)20/h1-2,9H,3-6H2,(H,17,19,20). The van der Waals surface area contributed by atoms with E-state index in [1.807, 2.05) is 0 Å². The van der Waals surface area contributed by atoms with Crippen LogP contribution in [0.15, 0.2) is 12.1 Å². The van der Waals surface area contributed by atoms with Gasteiger partial charge in [-0.1, -0.05) is 28.1 Å². The van der Waals surface area contributed by atoms with Gasteiger partial charge in [-0.05, 0) is 17.5 Å². The molecule has 2 heterocycles. The van der Waals surface area contributed by atoms with Crippen LogP contribution in [0.25, 0.3) is 0 Å². The number of hydrogen-bond acceptors (Lipinski definition) is 3. The van der Waals surface area contributed by atoms with Crippen molar-refractivity contribution in [2.45, 2.75) is 30.8 Å². The number of nitrogens with zero attached hydrogens (tertiary/aromatic N) is 1. The van der Waals surface area contributed by atoms with Gasteiger partial charge in [0.15, 0.2) is 0 Å². The second-order valence-corrected chi connectivity index (χ2v) is 5.67. The Morgan fingerprint density at radius 2 is 2.10 bits per heavy atom. The highest BCUT2D eigenvalue weighted by Gasteiger charge is 2.40. The Morgan fingerprint density at radius 1 is 1.33 bits per heavy atom. The van der Waals surface area contributed by atoms with E-state index in [-0.39, 0.29) is 30.9 Å². The summed E-state index contributed by atoms with van der Waals surface area (Å²) in [5, 5.41) is 2.54. The van der Waals surface area contributed by atoms with Crippen LogP contribution in [0, 0.1) is 5.82 Å². The van der Waals surface area contributed by atoms with Crippen molar-refractivity contribution in [2.75, 3.05) is 0 Å². The number of carbonyl (C=O) groups is 3. The number of fused-ring (bicyclic) bond motifs is 1. The van der Waals surface area contributed by atoms with E-state index < -0.39 is 23.7 Å². The largest absolute Gasteiger partial charge is 0.322 e. The number of alkyl halides is 1. The lowest BCUT2D eigenvalue weighted by molar-refractivity contribution is -0.136. The SMILES string of the molecule is O=C1CCC(N2Cc3ccc(CBr)c(F)c3C2=O)C(=O)N1. The third kappa shape index (κ3) is 2.25. The van der Waals surface area contributed by atoms with Crippen LogP contribution in [0.4, 0.5) is 4.39 Å². The fraction of sp³-hybridized carbons (Fsp3) is 0.357. The van der Waals surface area contributed by atoms with Crippen molar-refractivity contribution >= 4 is 33.7 Å². The molecule has 1 fully saturated rings. The Balaban J connectivity index is 1.92. The van der Waals surface area contributed by atoms with Crippen molar-refractivity contribution in [1.82, 2.24) is 10.2 Å². The molecule has 2 aliphatic rings. The molecule has 2 aliphatic heterocycles. The van der Waals surface area contributed by atoms with Gasteiger partial charge in [0.1, 0.15) is 11.9 Å². The molecule has 0 spiro atoms. The number of rotatable bonds is 2. The van der Waals surface area contributed by atoms with E-state index in [0.29, 0.717) is 16.5 Å². The van der Waals surface area contributed by atoms with Gasteiger partial charge < -0.3 is 4.90 Å². The fourth-order valence-electron chi connectivity index (χ4n) is 2.76. The van der Waals surface area contributed by atoms with Crippen LogP contribution in [0.2, 0.25) is 0 Å². The van der Waals surface area contributed by atoms with Crippen molar-refractivity contribution in [3.63, 3.8) is 0 Å². The molecule has 0 bridgehead atoms. The van der Waals surface area contributed by atoms with E-state index in [1.165, 1.54) is 4.90 Å². The molecule has 1 unspecified atom stereocenters. The van der Waals surface area contributed by atoms with Gasteiger partial charge in [-0.15, -0.1) is 0 Å². The van der Waals surface area contributed by atoms with Gasteiger partial charge in [0.05, 0.1) is 5.56 Å². The Kier molecular flexibility index (Phi) is 3.52. The lowest BCUT2D eigenvalue weighted by atomic mass is 10.0. The lowest BCUT2D eigenvalue weighted by Gasteiger charge is -2.29. The normalized spacial score (nSPS) is 21.5. The summed E-state index contributed by atoms with van der Waals surface area (Å²) in [4.78, 5) is 36.8. The number of hydrogen-bond donors (Lipinski definition) is 1. The number of piperidine rings is 1. The summed E-state index contributed by atoms with van der Waals surface area (Å²) in [5.74, 6) is -1.86. The first kappa shape index (κ1) is 14.2. The number of halogens is 2. The molecule has 1 aromatic rings. The molecule has 3 amide bonds. The van der Waals surface area contributed by atoms with E-state index in [1.54, 1.807) is 12.1 Å². The highest BCUT2D eigenvalue weighted by Crippen LogP contribution is 2.31. The van der Waals surface area contributed by atoms with Gasteiger partial charge in [0, 0.05) is 18.3 Å². The fourth-order valence-corrected chi connectivity index (χ4v) is 3.19. The van der Waals surface area contributed by atoms with Gasteiger partial charge in [-0.2, -0.15) is 0 Å². The summed E-state index contributed by atoms with van der Waals surface area (Å²) in [6.45, 7) is 0.194. The van der Waals surface area contributed by atoms with Crippen molar-refractivity contribution in [1.29, 1.82) is 0 Å². The molecule has 1 N–H and O–H groups in total. The van der Waals surface area contributed by atoms with Gasteiger partial charge in [0.25, 0.3) is 5.91 Å². The number of carbonyl (C=O) groups excluding carboxylic acids is 3. The molecule has 0 radical (unpaired) electrons. The lowest BCUT2D eigenvalue weighted by Crippen LogP contribution is -2.52. The van der Waals surface area contributed by atoms with Crippen LogP contribution >= 0.6 is 15.9 Å². The predicted octanol–water partition coefficient (Wildman–Crippen LogP) is 1.48. The van der Waals surface area contributed by atoms with Gasteiger partial charge in [0.2, 0.25) is 11.8 Å². The molecule has 21 heavy (non-hydrogen) atoms. The van der Waals surface area contributed by atoms with E-state index in [0.717, 1.165) is 0 Å². The van der Waals surface area contributed by atoms with Crippen molar-refractivity contribution in [3.05, 3.63) is 34.6 Å². The maximum atomic E-state index is 14.3. The zero-order chi connectivity index (χ0) is 15.1. The van der Waals surface area contributed by atoms with Crippen LogP contribution in [-0.2, 0) is 21.5 Å². The maximum absolute atomic E-state index is 14.3. The monoisotopic (exact) mass is 354 g/mol. The molecule has 0 saturated carbocycles. The second kappa shape index (κ2) is 5.22. The average molecular weight is 355 g/mol. The first-order valence-corrected chi connectivity index (χ1v) is 7.66. The molecular weight excluding hydrogens is 343 g/mol. The minimum atomic E-state index is -0.713. The van der Waals surface area contributed by atoms with E-state index >= 15 is 0 Å². The Morgan fingerprint density at radius 3 is 2.76 bits per heavy atom. The van der Waals surface area contributed by atoms with Crippen LogP contribution in [0.5, 0.6) is 0 Å². The van der Waals surface area contributed by atoms with Gasteiger partial charge in [-0.25, -0.2) is 4.39 Å². The maximum Gasteiger partial charge on any atom is 0.258 e. The molecule has 1 saturated heterocycles. The summed E-state index contributed by atoms with van der Waals surface area (Å²) < 4.78 is 14.3. The topological polar surface area (TPSA) is 66.5 Å². The zero-order valence-electron chi connectivity index (χ0n) is 11.0. The highest BCUT2D eigenvalue weighted by atomic mass is 79.9. The Bertz CT molecular complexity index is 662. The summed E-state index contributed by atoms with van der Waals surface area (Å²) in [7, 11) is 0. The second-order valence-electron chi connectivity index (χ2n) is 5.11. The van der Waals surface area contributed by atoms with Crippen LogP contribution in [0.1, 0.15) is 34.3 Å². The number of benzene rings is 1. The molecule has 1 atom stereocenters. The van der Waals surface area contributed by atoms with Crippen LogP contribution in [0.3, 0.4) is 0 Å². The van der Waals surface area contributed by atoms with Gasteiger partial charge in [-0.3, -0.25) is 19.7 Å². The van der Waals surface area contributed by atoms with Crippen LogP contribution < -0.4 is 5.32 Å². The molecule has 0 aliphatic carbocycles. The first-order valence-electron chi connectivity index (χ1n) is 6.53. The number of nitrogens with one attached hydrogen (secondary N) is 1. The number of amides is 3. The molecule has 3 rings (SSSR count). The van der Waals surface area contributed by atoms with E-state index in [4.69, 9.17) is 0 Å². The minimum absolute atomic E-state index is 0.0386. The van der Waals surface area contributed by atoms with E-state index in [9.17, 15) is 18.8 Å². The number of imide groups is 1. The van der Waals surface area contributed by atoms with Crippen LogP contribution in [-0.4, -0.2) is 28.7 Å². The summed E-state index contributed by atoms with van der Waals surface area (Å²) >= 11 is 3.18. The van der Waals surface area contributed by atoms with Crippen molar-refractivity contribution < 1.29 is 18.8 Å². The zero-order valence-corrected chi connectivity index (χ0v) is 12.6. The molecule has 1 aromatic carbocycles. The van der Waals surface area contributed by atoms with E-state index in [2.05, 4.69) is 21.2 Å². The van der Waals surface area contributed by atoms with Crippen molar-refractivity contribution in [2.24, 2.45) is 0 Å². The molecule has 110 valence electrons. The molecular formula is C14H12BrFN2O3. The quantitative estimate of drug-likeness (QED) is 0.646. The third-order valence-corrected chi connectivity index (χ3v) is 4.46. The molecule has 5 nitrogen and oxygen atoms in total. The first-order chi connectivity index (χ1) is 10.0. The average Bonchev–Trinajstić information content (AvgIpc) is 2.77. The molecule has 0 aromatic heterocycles. The minimum Gasteiger partial charge on any atom is -0.322 e. The summed E-state index contributed by atoms with van der Waals surface area (Å²) in [5.41, 5.74) is 1.02. The van der Waals surface area contributed by atoms with Gasteiger partial charge >= 0.3 is 0 Å².